The molecule has 2 heterocycles. The third-order valence-electron chi connectivity index (χ3n) is 4.39. The number of fused-ring (bicyclic) bond motifs is 1. The van der Waals surface area contributed by atoms with Crippen LogP contribution >= 0.6 is 0 Å². The topological polar surface area (TPSA) is 108 Å². The number of carbonyl (C=O) groups excluding carboxylic acids is 1. The van der Waals surface area contributed by atoms with Gasteiger partial charge in [0.25, 0.3) is 11.5 Å². The minimum atomic E-state index is -0.643. The van der Waals surface area contributed by atoms with Crippen molar-refractivity contribution in [3.05, 3.63) is 110 Å². The van der Waals surface area contributed by atoms with E-state index >= 15 is 0 Å². The zero-order valence-electron chi connectivity index (χ0n) is 14.7. The van der Waals surface area contributed by atoms with E-state index in [1.54, 1.807) is 0 Å². The molecule has 3 N–H and O–H groups in total. The van der Waals surface area contributed by atoms with Crippen molar-refractivity contribution in [2.75, 3.05) is 0 Å². The highest BCUT2D eigenvalue weighted by Gasteiger charge is 2.18. The van der Waals surface area contributed by atoms with Crippen molar-refractivity contribution in [2.45, 2.75) is 6.04 Å². The lowest BCUT2D eigenvalue weighted by molar-refractivity contribution is 0.0943. The maximum absolute atomic E-state index is 12.9. The second-order valence-corrected chi connectivity index (χ2v) is 6.26. The number of nitrogens with zero attached hydrogens (tertiary/aromatic N) is 1. The summed E-state index contributed by atoms with van der Waals surface area (Å²) in [5, 5.41) is 3.14. The monoisotopic (exact) mass is 372 g/mol. The molecule has 1 amide bonds. The van der Waals surface area contributed by atoms with Gasteiger partial charge in [0.05, 0.1) is 17.0 Å². The van der Waals surface area contributed by atoms with Gasteiger partial charge in [0.2, 0.25) is 0 Å². The number of hydrogen-bond acceptors (Lipinski definition) is 4. The van der Waals surface area contributed by atoms with E-state index in [2.05, 4.69) is 20.3 Å². The third kappa shape index (κ3) is 3.45. The van der Waals surface area contributed by atoms with Crippen molar-refractivity contribution < 1.29 is 4.79 Å². The van der Waals surface area contributed by atoms with E-state index in [-0.39, 0.29) is 28.5 Å². The number of amides is 1. The molecule has 0 saturated carbocycles. The summed E-state index contributed by atoms with van der Waals surface area (Å²) in [5.74, 6) is -0.377. The third-order valence-corrected chi connectivity index (χ3v) is 4.39. The predicted octanol–water partition coefficient (Wildman–Crippen LogP) is 2.13. The molecule has 0 unspecified atom stereocenters. The summed E-state index contributed by atoms with van der Waals surface area (Å²) < 4.78 is 0. The average molecular weight is 372 g/mol. The molecule has 28 heavy (non-hydrogen) atoms. The van der Waals surface area contributed by atoms with Gasteiger partial charge in [0.1, 0.15) is 5.65 Å². The number of nitrogens with one attached hydrogen (secondary N) is 3. The van der Waals surface area contributed by atoms with Crippen molar-refractivity contribution >= 4 is 16.9 Å². The molecule has 138 valence electrons. The number of H-pyrrole nitrogens is 2. The van der Waals surface area contributed by atoms with E-state index in [0.29, 0.717) is 0 Å². The molecule has 0 saturated heterocycles. The molecule has 0 aliphatic carbocycles. The van der Waals surface area contributed by atoms with Gasteiger partial charge in [-0.05, 0) is 17.2 Å². The largest absolute Gasteiger partial charge is 0.341 e. The predicted molar refractivity (Wildman–Crippen MR) is 105 cm³/mol. The molecule has 0 bridgehead atoms. The van der Waals surface area contributed by atoms with E-state index in [9.17, 15) is 14.4 Å². The Morgan fingerprint density at radius 2 is 1.50 bits per heavy atom. The number of aromatic nitrogens is 3. The van der Waals surface area contributed by atoms with Crippen molar-refractivity contribution in [2.24, 2.45) is 0 Å². The molecule has 4 aromatic rings. The van der Waals surface area contributed by atoms with Crippen molar-refractivity contribution in [1.29, 1.82) is 0 Å². The van der Waals surface area contributed by atoms with Crippen LogP contribution in [0.3, 0.4) is 0 Å². The highest BCUT2D eigenvalue weighted by Crippen LogP contribution is 2.22. The number of benzene rings is 2. The SMILES string of the molecule is O=C(NC(c1ccccc1)c1ccccc1)c1cnc2[nH]c(=O)[nH]c(=O)c2c1. The molecule has 0 fully saturated rings. The van der Waals surface area contributed by atoms with E-state index in [1.807, 2.05) is 60.7 Å². The van der Waals surface area contributed by atoms with Gasteiger partial charge in [-0.15, -0.1) is 0 Å². The summed E-state index contributed by atoms with van der Waals surface area (Å²) in [6.07, 6.45) is 1.33. The lowest BCUT2D eigenvalue weighted by Gasteiger charge is -2.20. The van der Waals surface area contributed by atoms with E-state index in [1.165, 1.54) is 12.3 Å². The van der Waals surface area contributed by atoms with Crippen molar-refractivity contribution in [3.63, 3.8) is 0 Å². The van der Waals surface area contributed by atoms with Crippen LogP contribution in [-0.2, 0) is 0 Å². The van der Waals surface area contributed by atoms with E-state index in [4.69, 9.17) is 0 Å². The molecule has 7 nitrogen and oxygen atoms in total. The Bertz CT molecular complexity index is 1210. The molecule has 0 spiro atoms. The minimum absolute atomic E-state index is 0.132. The lowest BCUT2D eigenvalue weighted by Crippen LogP contribution is -2.30. The summed E-state index contributed by atoms with van der Waals surface area (Å²) in [7, 11) is 0. The zero-order chi connectivity index (χ0) is 19.5. The first-order chi connectivity index (χ1) is 13.6. The van der Waals surface area contributed by atoms with Gasteiger partial charge in [0, 0.05) is 6.20 Å². The van der Waals surface area contributed by atoms with Crippen LogP contribution in [0.25, 0.3) is 11.0 Å². The second kappa shape index (κ2) is 7.32. The van der Waals surface area contributed by atoms with Gasteiger partial charge in [-0.25, -0.2) is 9.78 Å². The highest BCUT2D eigenvalue weighted by atomic mass is 16.2. The van der Waals surface area contributed by atoms with Gasteiger partial charge in [0.15, 0.2) is 0 Å². The first-order valence-electron chi connectivity index (χ1n) is 8.65. The van der Waals surface area contributed by atoms with Gasteiger partial charge in [-0.1, -0.05) is 60.7 Å². The Morgan fingerprint density at radius 3 is 2.11 bits per heavy atom. The standard InChI is InChI=1S/C21H16N4O3/c26-19(15-11-16-18(22-12-15)24-21(28)25-20(16)27)23-17(13-7-3-1-4-8-13)14-9-5-2-6-10-14/h1-12,17H,(H,23,26)(H2,22,24,25,27,28). The summed E-state index contributed by atoms with van der Waals surface area (Å²) >= 11 is 0. The Labute approximate surface area is 159 Å². The van der Waals surface area contributed by atoms with Crippen molar-refractivity contribution in [1.82, 2.24) is 20.3 Å². The molecule has 4 rings (SSSR count). The Balaban J connectivity index is 1.71. The Kier molecular flexibility index (Phi) is 4.55. The van der Waals surface area contributed by atoms with Crippen LogP contribution in [0.5, 0.6) is 0 Å². The molecule has 2 aromatic heterocycles. The average Bonchev–Trinajstić information content (AvgIpc) is 2.73. The van der Waals surface area contributed by atoms with Crippen LogP contribution in [0.15, 0.2) is 82.5 Å². The van der Waals surface area contributed by atoms with E-state index in [0.717, 1.165) is 11.1 Å². The normalized spacial score (nSPS) is 10.9. The zero-order valence-corrected chi connectivity index (χ0v) is 14.7. The molecule has 0 radical (unpaired) electrons. The fraction of sp³-hybridized carbons (Fsp3) is 0.0476. The second-order valence-electron chi connectivity index (χ2n) is 6.26. The maximum Gasteiger partial charge on any atom is 0.327 e. The first kappa shape index (κ1) is 17.4. The minimum Gasteiger partial charge on any atom is -0.341 e. The quantitative estimate of drug-likeness (QED) is 0.510. The summed E-state index contributed by atoms with van der Waals surface area (Å²) in [6, 6.07) is 20.3. The number of hydrogen-bond donors (Lipinski definition) is 3. The maximum atomic E-state index is 12.9. The Morgan fingerprint density at radius 1 is 0.893 bits per heavy atom. The number of pyridine rings is 1. The van der Waals surface area contributed by atoms with Gasteiger partial charge >= 0.3 is 5.69 Å². The summed E-state index contributed by atoms with van der Waals surface area (Å²) in [6.45, 7) is 0. The summed E-state index contributed by atoms with van der Waals surface area (Å²) in [4.78, 5) is 44.8. The number of aromatic amines is 2. The molecule has 0 aliphatic heterocycles. The highest BCUT2D eigenvalue weighted by molar-refractivity contribution is 5.97. The van der Waals surface area contributed by atoms with Crippen molar-refractivity contribution in [3.8, 4) is 0 Å². The molecule has 0 atom stereocenters. The first-order valence-corrected chi connectivity index (χ1v) is 8.65. The summed E-state index contributed by atoms with van der Waals surface area (Å²) in [5.41, 5.74) is 0.977. The number of carbonyl (C=O) groups is 1. The van der Waals surface area contributed by atoms with Crippen LogP contribution in [0, 0.1) is 0 Å². The van der Waals surface area contributed by atoms with E-state index < -0.39 is 11.2 Å². The lowest BCUT2D eigenvalue weighted by atomic mass is 9.98. The molecule has 0 aliphatic rings. The van der Waals surface area contributed by atoms with Crippen LogP contribution in [0.1, 0.15) is 27.5 Å². The fourth-order valence-corrected chi connectivity index (χ4v) is 3.04. The van der Waals surface area contributed by atoms with Gasteiger partial charge in [-0.2, -0.15) is 0 Å². The smallest absolute Gasteiger partial charge is 0.327 e. The van der Waals surface area contributed by atoms with Gasteiger partial charge < -0.3 is 5.32 Å². The molecule has 7 heteroatoms. The van der Waals surface area contributed by atoms with Crippen LogP contribution in [-0.4, -0.2) is 20.9 Å². The molecular formula is C21H16N4O3. The number of rotatable bonds is 4. The molecular weight excluding hydrogens is 356 g/mol. The Hall–Kier alpha value is -4.00. The fourth-order valence-electron chi connectivity index (χ4n) is 3.04. The van der Waals surface area contributed by atoms with Crippen LogP contribution in [0.4, 0.5) is 0 Å². The van der Waals surface area contributed by atoms with Crippen LogP contribution in [0.2, 0.25) is 0 Å². The van der Waals surface area contributed by atoms with Gasteiger partial charge in [-0.3, -0.25) is 19.6 Å². The molecule has 2 aromatic carbocycles. The van der Waals surface area contributed by atoms with Crippen LogP contribution < -0.4 is 16.6 Å².